The molecule has 37 heavy (non-hydrogen) atoms. The molecule has 0 aliphatic carbocycles. The zero-order chi connectivity index (χ0) is 26.0. The standard InChI is InChI=1S/C28H36N4O5/c1-3-13-37-27(35)19-7-8-20(26(34)31-11-5-6-12-31)22(16-19)32-23-17-28(9-14-36-15-10-28)18-29-25(33)24(23)21(4-2)30-32/h7-8,16H,3-6,9-15,17-18H2,1-2H3,(H,29,33). The van der Waals surface area contributed by atoms with E-state index < -0.39 is 5.97 Å². The minimum atomic E-state index is -0.434. The summed E-state index contributed by atoms with van der Waals surface area (Å²) < 4.78 is 12.8. The molecule has 1 aromatic heterocycles. The van der Waals surface area contributed by atoms with Crippen molar-refractivity contribution in [3.8, 4) is 5.69 Å². The highest BCUT2D eigenvalue weighted by Crippen LogP contribution is 2.38. The van der Waals surface area contributed by atoms with Crippen LogP contribution in [0.15, 0.2) is 18.2 Å². The number of likely N-dealkylation sites (tertiary alicyclic amines) is 1. The molecule has 4 heterocycles. The second kappa shape index (κ2) is 10.7. The minimum Gasteiger partial charge on any atom is -0.462 e. The van der Waals surface area contributed by atoms with Crippen molar-refractivity contribution in [1.82, 2.24) is 20.0 Å². The number of fused-ring (bicyclic) bond motifs is 1. The van der Waals surface area contributed by atoms with Crippen LogP contribution in [0.25, 0.3) is 5.69 Å². The summed E-state index contributed by atoms with van der Waals surface area (Å²) in [5, 5.41) is 8.02. The lowest BCUT2D eigenvalue weighted by Crippen LogP contribution is -2.40. The number of hydrogen-bond donors (Lipinski definition) is 1. The molecule has 3 aliphatic heterocycles. The number of ether oxygens (including phenoxy) is 2. The van der Waals surface area contributed by atoms with Gasteiger partial charge in [0.25, 0.3) is 11.8 Å². The van der Waals surface area contributed by atoms with Crippen molar-refractivity contribution in [2.24, 2.45) is 5.41 Å². The Hall–Kier alpha value is -3.20. The third kappa shape index (κ3) is 4.89. The van der Waals surface area contributed by atoms with Gasteiger partial charge < -0.3 is 19.7 Å². The number of nitrogens with zero attached hydrogens (tertiary/aromatic N) is 3. The Morgan fingerprint density at radius 1 is 1.16 bits per heavy atom. The van der Waals surface area contributed by atoms with E-state index in [0.29, 0.717) is 80.4 Å². The van der Waals surface area contributed by atoms with Crippen LogP contribution < -0.4 is 5.32 Å². The number of carbonyl (C=O) groups excluding carboxylic acids is 3. The monoisotopic (exact) mass is 508 g/mol. The third-order valence-corrected chi connectivity index (χ3v) is 7.86. The first-order valence-corrected chi connectivity index (χ1v) is 13.5. The first-order valence-electron chi connectivity index (χ1n) is 13.5. The van der Waals surface area contributed by atoms with E-state index in [0.717, 1.165) is 37.8 Å². The number of benzene rings is 1. The largest absolute Gasteiger partial charge is 0.462 e. The molecule has 0 atom stereocenters. The van der Waals surface area contributed by atoms with E-state index in [-0.39, 0.29) is 17.2 Å². The van der Waals surface area contributed by atoms with Crippen LogP contribution in [0.4, 0.5) is 0 Å². The zero-order valence-corrected chi connectivity index (χ0v) is 21.8. The molecule has 0 bridgehead atoms. The number of esters is 1. The van der Waals surface area contributed by atoms with Crippen molar-refractivity contribution in [2.45, 2.75) is 58.8 Å². The number of amides is 2. The topological polar surface area (TPSA) is 103 Å². The van der Waals surface area contributed by atoms with Crippen LogP contribution in [0.2, 0.25) is 0 Å². The molecule has 9 heteroatoms. The maximum atomic E-state index is 13.6. The Labute approximate surface area is 217 Å². The van der Waals surface area contributed by atoms with Gasteiger partial charge in [-0.3, -0.25) is 9.59 Å². The number of aromatic nitrogens is 2. The second-order valence-corrected chi connectivity index (χ2v) is 10.4. The SMILES string of the molecule is CCCOC(=O)c1ccc(C(=O)N2CCCC2)c(-n2nc(CC)c3c2CC2(CCOCC2)CNC3=O)c1. The maximum absolute atomic E-state index is 13.6. The Bertz CT molecular complexity index is 1190. The van der Waals surface area contributed by atoms with Crippen LogP contribution in [0.3, 0.4) is 0 Å². The Morgan fingerprint density at radius 3 is 2.62 bits per heavy atom. The molecule has 2 amide bonds. The summed E-state index contributed by atoms with van der Waals surface area (Å²) in [5.74, 6) is -0.648. The number of aryl methyl sites for hydroxylation is 1. The summed E-state index contributed by atoms with van der Waals surface area (Å²) >= 11 is 0. The number of hydrogen-bond acceptors (Lipinski definition) is 6. The number of nitrogens with one attached hydrogen (secondary N) is 1. The summed E-state index contributed by atoms with van der Waals surface area (Å²) in [7, 11) is 0. The van der Waals surface area contributed by atoms with Crippen LogP contribution in [0, 0.1) is 5.41 Å². The second-order valence-electron chi connectivity index (χ2n) is 10.4. The van der Waals surface area contributed by atoms with Gasteiger partial charge in [-0.1, -0.05) is 13.8 Å². The fraction of sp³-hybridized carbons (Fsp3) is 0.571. The average molecular weight is 509 g/mol. The molecular weight excluding hydrogens is 472 g/mol. The van der Waals surface area contributed by atoms with Gasteiger partial charge >= 0.3 is 5.97 Å². The molecule has 0 saturated carbocycles. The van der Waals surface area contributed by atoms with E-state index in [1.807, 2.05) is 18.7 Å². The van der Waals surface area contributed by atoms with E-state index in [4.69, 9.17) is 14.6 Å². The molecule has 3 aliphatic rings. The molecule has 2 saturated heterocycles. The van der Waals surface area contributed by atoms with Gasteiger partial charge in [-0.05, 0) is 68.6 Å². The Kier molecular flexibility index (Phi) is 7.33. The minimum absolute atomic E-state index is 0.0814. The molecule has 2 fully saturated rings. The van der Waals surface area contributed by atoms with E-state index in [1.54, 1.807) is 22.9 Å². The summed E-state index contributed by atoms with van der Waals surface area (Å²) in [6, 6.07) is 5.06. The molecule has 0 unspecified atom stereocenters. The smallest absolute Gasteiger partial charge is 0.338 e. The van der Waals surface area contributed by atoms with Gasteiger partial charge in [-0.2, -0.15) is 5.10 Å². The van der Waals surface area contributed by atoms with E-state index in [9.17, 15) is 14.4 Å². The first-order chi connectivity index (χ1) is 18.0. The summed E-state index contributed by atoms with van der Waals surface area (Å²) in [6.07, 6.45) is 5.56. The Morgan fingerprint density at radius 2 is 1.92 bits per heavy atom. The quantitative estimate of drug-likeness (QED) is 0.601. The van der Waals surface area contributed by atoms with Gasteiger partial charge in [-0.15, -0.1) is 0 Å². The highest BCUT2D eigenvalue weighted by Gasteiger charge is 2.40. The third-order valence-electron chi connectivity index (χ3n) is 7.86. The lowest BCUT2D eigenvalue weighted by atomic mass is 9.76. The van der Waals surface area contributed by atoms with Crippen LogP contribution in [0.5, 0.6) is 0 Å². The van der Waals surface area contributed by atoms with E-state index in [2.05, 4.69) is 5.32 Å². The van der Waals surface area contributed by atoms with Crippen molar-refractivity contribution < 1.29 is 23.9 Å². The van der Waals surface area contributed by atoms with Gasteiger partial charge in [-0.25, -0.2) is 9.48 Å². The van der Waals surface area contributed by atoms with Crippen LogP contribution >= 0.6 is 0 Å². The van der Waals surface area contributed by atoms with Crippen LogP contribution in [-0.2, 0) is 22.3 Å². The van der Waals surface area contributed by atoms with Crippen molar-refractivity contribution in [3.63, 3.8) is 0 Å². The van der Waals surface area contributed by atoms with Gasteiger partial charge in [0.15, 0.2) is 0 Å². The lowest BCUT2D eigenvalue weighted by Gasteiger charge is -2.36. The van der Waals surface area contributed by atoms with Crippen molar-refractivity contribution in [2.75, 3.05) is 39.5 Å². The molecule has 9 nitrogen and oxygen atoms in total. The molecule has 5 rings (SSSR count). The average Bonchev–Trinajstić information content (AvgIpc) is 3.56. The van der Waals surface area contributed by atoms with Crippen molar-refractivity contribution in [3.05, 3.63) is 46.3 Å². The summed E-state index contributed by atoms with van der Waals surface area (Å²) in [4.78, 5) is 41.6. The summed E-state index contributed by atoms with van der Waals surface area (Å²) in [6.45, 7) is 7.54. The Balaban J connectivity index is 1.66. The molecule has 1 spiro atoms. The molecular formula is C28H36N4O5. The number of rotatable bonds is 6. The first kappa shape index (κ1) is 25.4. The number of carbonyl (C=O) groups is 3. The highest BCUT2D eigenvalue weighted by atomic mass is 16.5. The van der Waals surface area contributed by atoms with Gasteiger partial charge in [0.1, 0.15) is 0 Å². The molecule has 1 aromatic carbocycles. The maximum Gasteiger partial charge on any atom is 0.338 e. The fourth-order valence-corrected chi connectivity index (χ4v) is 5.69. The van der Waals surface area contributed by atoms with E-state index in [1.165, 1.54) is 0 Å². The highest BCUT2D eigenvalue weighted by molar-refractivity contribution is 6.01. The van der Waals surface area contributed by atoms with Crippen molar-refractivity contribution in [1.29, 1.82) is 0 Å². The zero-order valence-electron chi connectivity index (χ0n) is 21.8. The van der Waals surface area contributed by atoms with E-state index >= 15 is 0 Å². The molecule has 0 radical (unpaired) electrons. The lowest BCUT2D eigenvalue weighted by molar-refractivity contribution is 0.0155. The molecule has 198 valence electrons. The fourth-order valence-electron chi connectivity index (χ4n) is 5.69. The van der Waals surface area contributed by atoms with Gasteiger partial charge in [0.2, 0.25) is 0 Å². The normalized spacial score (nSPS) is 18.9. The van der Waals surface area contributed by atoms with Crippen LogP contribution in [-0.4, -0.2) is 71.9 Å². The van der Waals surface area contributed by atoms with Crippen LogP contribution in [0.1, 0.15) is 88.4 Å². The van der Waals surface area contributed by atoms with Gasteiger partial charge in [0, 0.05) is 32.8 Å². The molecule has 2 aromatic rings. The predicted molar refractivity (Wildman–Crippen MR) is 137 cm³/mol. The van der Waals surface area contributed by atoms with Gasteiger partial charge in [0.05, 0.1) is 40.4 Å². The predicted octanol–water partition coefficient (Wildman–Crippen LogP) is 3.32. The summed E-state index contributed by atoms with van der Waals surface area (Å²) in [5.41, 5.74) is 3.30. The van der Waals surface area contributed by atoms with Crippen molar-refractivity contribution >= 4 is 17.8 Å². The molecule has 1 N–H and O–H groups in total.